The highest BCUT2D eigenvalue weighted by atomic mass is 32.2. The summed E-state index contributed by atoms with van der Waals surface area (Å²) in [7, 11) is 0. The Bertz CT molecular complexity index is 900. The Kier molecular flexibility index (Phi) is 10.5. The molecule has 1 unspecified atom stereocenters. The molecule has 2 N–H and O–H groups in total. The minimum Gasteiger partial charge on any atom is -0.444 e. The number of aromatic nitrogens is 2. The average molecular weight is 491 g/mol. The van der Waals surface area contributed by atoms with E-state index in [0.29, 0.717) is 18.4 Å². The number of hydrogen-bond donors (Lipinski definition) is 1. The summed E-state index contributed by atoms with van der Waals surface area (Å²) >= 11 is 3.41. The number of ether oxygens (including phenoxy) is 1. The molecule has 33 heavy (non-hydrogen) atoms. The zero-order valence-corrected chi connectivity index (χ0v) is 22.5. The van der Waals surface area contributed by atoms with E-state index in [1.54, 1.807) is 40.8 Å². The summed E-state index contributed by atoms with van der Waals surface area (Å²) in [5.41, 5.74) is 7.80. The van der Waals surface area contributed by atoms with Gasteiger partial charge in [0.25, 0.3) is 0 Å². The molecule has 0 aliphatic heterocycles. The van der Waals surface area contributed by atoms with Crippen molar-refractivity contribution in [1.29, 1.82) is 0 Å². The lowest BCUT2D eigenvalue weighted by molar-refractivity contribution is 0.0141. The largest absolute Gasteiger partial charge is 0.444 e. The zero-order valence-electron chi connectivity index (χ0n) is 20.9. The summed E-state index contributed by atoms with van der Waals surface area (Å²) in [6, 6.07) is 7.76. The average Bonchev–Trinajstić information content (AvgIpc) is 2.73. The zero-order chi connectivity index (χ0) is 24.6. The maximum atomic E-state index is 13.2. The summed E-state index contributed by atoms with van der Waals surface area (Å²) in [5, 5.41) is 1.84. The van der Waals surface area contributed by atoms with Crippen molar-refractivity contribution >= 4 is 29.6 Å². The number of carbonyl (C=O) groups excluding carboxylic acids is 1. The first-order chi connectivity index (χ1) is 15.4. The quantitative estimate of drug-likeness (QED) is 0.306. The van der Waals surface area contributed by atoms with Crippen LogP contribution < -0.4 is 5.73 Å². The van der Waals surface area contributed by atoms with Crippen LogP contribution in [0, 0.1) is 11.8 Å². The third-order valence-electron chi connectivity index (χ3n) is 4.35. The number of amides is 1. The number of carbonyl (C=O) groups is 1. The summed E-state index contributed by atoms with van der Waals surface area (Å²) in [4.78, 5) is 23.6. The molecule has 2 heterocycles. The third-order valence-corrected chi connectivity index (χ3v) is 7.05. The normalized spacial score (nSPS) is 12.8. The fourth-order valence-electron chi connectivity index (χ4n) is 2.79. The number of hydrogen-bond acceptors (Lipinski definition) is 7. The van der Waals surface area contributed by atoms with E-state index in [1.165, 1.54) is 0 Å². The van der Waals surface area contributed by atoms with Crippen LogP contribution in [0.15, 0.2) is 46.7 Å². The van der Waals surface area contributed by atoms with Crippen LogP contribution in [-0.4, -0.2) is 38.1 Å². The van der Waals surface area contributed by atoms with Gasteiger partial charge in [-0.05, 0) is 68.0 Å². The van der Waals surface area contributed by atoms with Gasteiger partial charge >= 0.3 is 6.09 Å². The monoisotopic (exact) mass is 490 g/mol. The van der Waals surface area contributed by atoms with E-state index in [1.807, 2.05) is 45.0 Å². The number of rotatable bonds is 10. The standard InChI is InChI=1S/C25H38N4O2S2/c1-17(2)15-32-21-12-19(8-10-27-21)14-29(24(30)31-25(5,6)7)23(26)20-9-11-28-22(13-20)33-16-18(3)4/h8-13,17-18,23H,14-16,26H2,1-7H3. The van der Waals surface area contributed by atoms with Gasteiger partial charge in [0.05, 0.1) is 16.6 Å². The Morgan fingerprint density at radius 3 is 2.09 bits per heavy atom. The molecule has 2 aromatic rings. The molecule has 1 amide bonds. The smallest absolute Gasteiger partial charge is 0.412 e. The van der Waals surface area contributed by atoms with Crippen molar-refractivity contribution < 1.29 is 9.53 Å². The Morgan fingerprint density at radius 1 is 1.00 bits per heavy atom. The first kappa shape index (κ1) is 27.5. The van der Waals surface area contributed by atoms with Crippen LogP contribution in [0.5, 0.6) is 0 Å². The lowest BCUT2D eigenvalue weighted by Gasteiger charge is -2.32. The highest BCUT2D eigenvalue weighted by Gasteiger charge is 2.28. The van der Waals surface area contributed by atoms with Crippen LogP contribution in [0.25, 0.3) is 0 Å². The molecule has 2 aromatic heterocycles. The van der Waals surface area contributed by atoms with Crippen LogP contribution >= 0.6 is 23.5 Å². The molecule has 0 radical (unpaired) electrons. The predicted octanol–water partition coefficient (Wildman–Crippen LogP) is 6.37. The molecular formula is C25H38N4O2S2. The molecule has 6 nitrogen and oxygen atoms in total. The molecule has 0 aromatic carbocycles. The molecule has 0 saturated carbocycles. The van der Waals surface area contributed by atoms with Crippen LogP contribution in [-0.2, 0) is 11.3 Å². The fourth-order valence-corrected chi connectivity index (χ4v) is 4.53. The second-order valence-electron chi connectivity index (χ2n) is 9.89. The minimum absolute atomic E-state index is 0.324. The molecule has 0 fully saturated rings. The van der Waals surface area contributed by atoms with Crippen LogP contribution in [0.2, 0.25) is 0 Å². The second kappa shape index (κ2) is 12.6. The van der Waals surface area contributed by atoms with Gasteiger partial charge in [0, 0.05) is 23.9 Å². The number of nitrogens with two attached hydrogens (primary N) is 1. The van der Waals surface area contributed by atoms with Gasteiger partial charge in [-0.25, -0.2) is 14.8 Å². The van der Waals surface area contributed by atoms with Crippen molar-refractivity contribution in [3.63, 3.8) is 0 Å². The van der Waals surface area contributed by atoms with Crippen LogP contribution in [0.3, 0.4) is 0 Å². The van der Waals surface area contributed by atoms with Crippen molar-refractivity contribution in [2.24, 2.45) is 17.6 Å². The molecule has 2 rings (SSSR count). The van der Waals surface area contributed by atoms with E-state index in [0.717, 1.165) is 32.7 Å². The van der Waals surface area contributed by atoms with E-state index in [2.05, 4.69) is 37.7 Å². The van der Waals surface area contributed by atoms with E-state index in [-0.39, 0.29) is 0 Å². The van der Waals surface area contributed by atoms with Gasteiger partial charge in [0.2, 0.25) is 0 Å². The van der Waals surface area contributed by atoms with Gasteiger partial charge in [-0.3, -0.25) is 4.90 Å². The van der Waals surface area contributed by atoms with E-state index in [9.17, 15) is 4.79 Å². The van der Waals surface area contributed by atoms with Crippen molar-refractivity contribution in [2.75, 3.05) is 11.5 Å². The summed E-state index contributed by atoms with van der Waals surface area (Å²) in [5.74, 6) is 3.08. The number of nitrogens with zero attached hydrogens (tertiary/aromatic N) is 3. The predicted molar refractivity (Wildman–Crippen MR) is 138 cm³/mol. The highest BCUT2D eigenvalue weighted by molar-refractivity contribution is 7.99. The molecule has 8 heteroatoms. The number of thioether (sulfide) groups is 2. The summed E-state index contributed by atoms with van der Waals surface area (Å²) < 4.78 is 5.70. The van der Waals surface area contributed by atoms with Gasteiger partial charge in [-0.2, -0.15) is 0 Å². The van der Waals surface area contributed by atoms with Gasteiger partial charge < -0.3 is 10.5 Å². The van der Waals surface area contributed by atoms with Gasteiger partial charge in [0.15, 0.2) is 0 Å². The molecular weight excluding hydrogens is 452 g/mol. The maximum Gasteiger partial charge on any atom is 0.412 e. The van der Waals surface area contributed by atoms with Crippen LogP contribution in [0.4, 0.5) is 4.79 Å². The first-order valence-electron chi connectivity index (χ1n) is 11.4. The van der Waals surface area contributed by atoms with E-state index >= 15 is 0 Å². The molecule has 0 saturated heterocycles. The number of pyridine rings is 2. The summed E-state index contributed by atoms with van der Waals surface area (Å²) in [6.07, 6.45) is 2.42. The van der Waals surface area contributed by atoms with Gasteiger partial charge in [-0.15, -0.1) is 23.5 Å². The Balaban J connectivity index is 2.28. The summed E-state index contributed by atoms with van der Waals surface area (Å²) in [6.45, 7) is 14.6. The molecule has 0 spiro atoms. The van der Waals surface area contributed by atoms with Crippen molar-refractivity contribution in [3.05, 3.63) is 47.8 Å². The van der Waals surface area contributed by atoms with Crippen LogP contribution in [0.1, 0.15) is 65.8 Å². The topological polar surface area (TPSA) is 81.3 Å². The third kappa shape index (κ3) is 9.94. The molecule has 0 bridgehead atoms. The molecule has 182 valence electrons. The van der Waals surface area contributed by atoms with Crippen molar-refractivity contribution in [2.45, 2.75) is 76.8 Å². The van der Waals surface area contributed by atoms with Crippen molar-refractivity contribution in [1.82, 2.24) is 14.9 Å². The Labute approximate surface area is 207 Å². The highest BCUT2D eigenvalue weighted by Crippen LogP contribution is 2.26. The van der Waals surface area contributed by atoms with Gasteiger partial charge in [-0.1, -0.05) is 27.7 Å². The van der Waals surface area contributed by atoms with E-state index in [4.69, 9.17) is 10.5 Å². The molecule has 0 aliphatic rings. The lowest BCUT2D eigenvalue weighted by atomic mass is 10.1. The molecule has 1 atom stereocenters. The maximum absolute atomic E-state index is 13.2. The second-order valence-corrected chi connectivity index (χ2v) is 12.0. The minimum atomic E-state index is -0.666. The van der Waals surface area contributed by atoms with E-state index < -0.39 is 17.9 Å². The van der Waals surface area contributed by atoms with Gasteiger partial charge in [0.1, 0.15) is 11.8 Å². The molecule has 0 aliphatic carbocycles. The Morgan fingerprint density at radius 2 is 1.55 bits per heavy atom. The fraction of sp³-hybridized carbons (Fsp3) is 0.560. The van der Waals surface area contributed by atoms with Crippen molar-refractivity contribution in [3.8, 4) is 0 Å². The SMILES string of the molecule is CC(C)CSc1cc(CN(C(=O)OC(C)(C)C)C(N)c2ccnc(SCC(C)C)c2)ccn1. The Hall–Kier alpha value is -1.77. The first-order valence-corrected chi connectivity index (χ1v) is 13.3. The lowest BCUT2D eigenvalue weighted by Crippen LogP contribution is -2.42.